The molecule has 4 N–H and O–H groups in total. The lowest BCUT2D eigenvalue weighted by atomic mass is 10.2. The first-order chi connectivity index (χ1) is 9.95. The number of hydrazone groups is 1. The van der Waals surface area contributed by atoms with Crippen LogP contribution >= 0.6 is 31.9 Å². The van der Waals surface area contributed by atoms with Gasteiger partial charge in [0.25, 0.3) is 11.9 Å². The van der Waals surface area contributed by atoms with Crippen molar-refractivity contribution in [2.75, 3.05) is 5.73 Å². The van der Waals surface area contributed by atoms with Gasteiger partial charge in [-0.15, -0.1) is 5.10 Å². The molecular weight excluding hydrogens is 410 g/mol. The van der Waals surface area contributed by atoms with Crippen molar-refractivity contribution in [3.63, 3.8) is 0 Å². The Labute approximate surface area is 135 Å². The maximum Gasteiger partial charge on any atom is 0.263 e. The second-order valence-corrected chi connectivity index (χ2v) is 5.51. The molecule has 2 rings (SSSR count). The highest BCUT2D eigenvalue weighted by molar-refractivity contribution is 9.11. The van der Waals surface area contributed by atoms with Gasteiger partial charge in [-0.2, -0.15) is 9.90 Å². The van der Waals surface area contributed by atoms with Gasteiger partial charge in [0.15, 0.2) is 0 Å². The number of hydrogen-bond acceptors (Lipinski definition) is 7. The summed E-state index contributed by atoms with van der Waals surface area (Å²) >= 11 is 6.39. The number of anilines is 1. The molecule has 0 unspecified atom stereocenters. The fourth-order valence-electron chi connectivity index (χ4n) is 1.32. The third kappa shape index (κ3) is 4.23. The van der Waals surface area contributed by atoms with Crippen LogP contribution in [0, 0.1) is 0 Å². The van der Waals surface area contributed by atoms with Gasteiger partial charge >= 0.3 is 0 Å². The largest absolute Gasteiger partial charge is 0.506 e. The van der Waals surface area contributed by atoms with E-state index in [1.54, 1.807) is 12.1 Å². The molecule has 0 aliphatic heterocycles. The predicted molar refractivity (Wildman–Crippen MR) is 81.5 cm³/mol. The predicted octanol–water partition coefficient (Wildman–Crippen LogP) is 0.636. The van der Waals surface area contributed by atoms with E-state index >= 15 is 0 Å². The number of phenols is 1. The first kappa shape index (κ1) is 15.4. The van der Waals surface area contributed by atoms with Gasteiger partial charge < -0.3 is 10.8 Å². The van der Waals surface area contributed by atoms with Crippen LogP contribution in [0.4, 0.5) is 5.95 Å². The average Bonchev–Trinajstić information content (AvgIpc) is 2.81. The second-order valence-electron chi connectivity index (χ2n) is 3.80. The monoisotopic (exact) mass is 417 g/mol. The van der Waals surface area contributed by atoms with Crippen molar-refractivity contribution in [1.29, 1.82) is 0 Å². The van der Waals surface area contributed by atoms with Crippen LogP contribution in [-0.4, -0.2) is 37.4 Å². The van der Waals surface area contributed by atoms with Gasteiger partial charge in [-0.1, -0.05) is 5.10 Å². The molecule has 21 heavy (non-hydrogen) atoms. The minimum Gasteiger partial charge on any atom is -0.506 e. The van der Waals surface area contributed by atoms with Gasteiger partial charge in [-0.25, -0.2) is 5.43 Å². The lowest BCUT2D eigenvalue weighted by molar-refractivity contribution is -0.122. The molecule has 0 atom stereocenters. The van der Waals surface area contributed by atoms with Crippen LogP contribution in [0.2, 0.25) is 0 Å². The van der Waals surface area contributed by atoms with Crippen molar-refractivity contribution >= 4 is 49.9 Å². The Balaban J connectivity index is 1.94. The highest BCUT2D eigenvalue weighted by Gasteiger charge is 2.06. The summed E-state index contributed by atoms with van der Waals surface area (Å²) in [5, 5.41) is 24.0. The lowest BCUT2D eigenvalue weighted by Gasteiger charge is -2.02. The van der Waals surface area contributed by atoms with Gasteiger partial charge in [0.2, 0.25) is 0 Å². The number of benzene rings is 1. The molecule has 0 saturated carbocycles. The number of nitrogens with zero attached hydrogens (tertiary/aromatic N) is 5. The molecule has 2 aromatic rings. The summed E-state index contributed by atoms with van der Waals surface area (Å²) in [6.45, 7) is -0.148. The average molecular weight is 419 g/mol. The third-order valence-corrected chi connectivity index (χ3v) is 3.40. The van der Waals surface area contributed by atoms with Crippen LogP contribution in [0.1, 0.15) is 5.56 Å². The van der Waals surface area contributed by atoms with E-state index in [2.05, 4.69) is 57.8 Å². The number of halogens is 2. The zero-order valence-electron chi connectivity index (χ0n) is 10.4. The molecule has 9 nitrogen and oxygen atoms in total. The number of tetrazole rings is 1. The fraction of sp³-hybridized carbons (Fsp3) is 0.100. The number of nitrogen functional groups attached to an aromatic ring is 1. The van der Waals surface area contributed by atoms with Crippen LogP contribution < -0.4 is 11.2 Å². The molecule has 11 heteroatoms. The van der Waals surface area contributed by atoms with Crippen molar-refractivity contribution in [2.45, 2.75) is 6.54 Å². The van der Waals surface area contributed by atoms with E-state index in [4.69, 9.17) is 5.73 Å². The molecule has 1 heterocycles. The van der Waals surface area contributed by atoms with Crippen LogP contribution in [0.15, 0.2) is 26.2 Å². The molecule has 1 aromatic heterocycles. The van der Waals surface area contributed by atoms with Crippen molar-refractivity contribution in [1.82, 2.24) is 25.6 Å². The van der Waals surface area contributed by atoms with E-state index in [0.717, 1.165) is 4.80 Å². The van der Waals surface area contributed by atoms with Crippen molar-refractivity contribution in [3.05, 3.63) is 26.6 Å². The molecule has 1 aromatic carbocycles. The summed E-state index contributed by atoms with van der Waals surface area (Å²) in [6, 6.07) is 3.30. The Morgan fingerprint density at radius 3 is 2.71 bits per heavy atom. The minimum absolute atomic E-state index is 0.00917. The highest BCUT2D eigenvalue weighted by atomic mass is 79.9. The Morgan fingerprint density at radius 1 is 1.48 bits per heavy atom. The van der Waals surface area contributed by atoms with Gasteiger partial charge in [-0.05, 0) is 54.8 Å². The number of aromatic nitrogens is 4. The number of nitrogens with one attached hydrogen (secondary N) is 1. The smallest absolute Gasteiger partial charge is 0.263 e. The number of carbonyl (C=O) groups excluding carboxylic acids is 1. The normalized spacial score (nSPS) is 11.0. The molecule has 0 bridgehead atoms. The molecule has 0 aliphatic rings. The fourth-order valence-corrected chi connectivity index (χ4v) is 2.55. The quantitative estimate of drug-likeness (QED) is 0.493. The first-order valence-electron chi connectivity index (χ1n) is 5.49. The topological polar surface area (TPSA) is 131 Å². The Kier molecular flexibility index (Phi) is 4.85. The van der Waals surface area contributed by atoms with Crippen LogP contribution in [0.25, 0.3) is 0 Å². The molecule has 0 saturated heterocycles. The standard InChI is InChI=1S/C10H9Br2N7O2/c11-6-1-5(2-7(12)9(6)21)3-14-15-8(20)4-19-17-10(13)16-18-19/h1-3,21H,4H2,(H2,13,17)(H,15,20)/b14-3+. The van der Waals surface area contributed by atoms with Crippen molar-refractivity contribution < 1.29 is 9.90 Å². The van der Waals surface area contributed by atoms with E-state index in [0.29, 0.717) is 14.5 Å². The lowest BCUT2D eigenvalue weighted by Crippen LogP contribution is -2.24. The summed E-state index contributed by atoms with van der Waals surface area (Å²) in [5.74, 6) is -0.350. The van der Waals surface area contributed by atoms with Crippen molar-refractivity contribution in [3.8, 4) is 5.75 Å². The summed E-state index contributed by atoms with van der Waals surface area (Å²) in [4.78, 5) is 12.6. The summed E-state index contributed by atoms with van der Waals surface area (Å²) in [6.07, 6.45) is 1.43. The van der Waals surface area contributed by atoms with Crippen LogP contribution in [-0.2, 0) is 11.3 Å². The van der Waals surface area contributed by atoms with E-state index in [-0.39, 0.29) is 18.2 Å². The minimum atomic E-state index is -0.430. The SMILES string of the molecule is Nc1nnn(CC(=O)N/N=C/c2cc(Br)c(O)c(Br)c2)n1. The van der Waals surface area contributed by atoms with E-state index in [9.17, 15) is 9.90 Å². The van der Waals surface area contributed by atoms with Crippen molar-refractivity contribution in [2.24, 2.45) is 5.10 Å². The zero-order valence-corrected chi connectivity index (χ0v) is 13.5. The number of carbonyl (C=O) groups is 1. The maximum atomic E-state index is 11.5. The third-order valence-electron chi connectivity index (χ3n) is 2.20. The Hall–Kier alpha value is -2.01. The molecular formula is C10H9Br2N7O2. The van der Waals surface area contributed by atoms with Gasteiger partial charge in [-0.3, -0.25) is 4.79 Å². The van der Waals surface area contributed by atoms with Crippen LogP contribution in [0.5, 0.6) is 5.75 Å². The molecule has 0 aliphatic carbocycles. The molecule has 0 spiro atoms. The molecule has 0 radical (unpaired) electrons. The maximum absolute atomic E-state index is 11.5. The number of amides is 1. The van der Waals surface area contributed by atoms with E-state index in [1.165, 1.54) is 6.21 Å². The number of aromatic hydroxyl groups is 1. The Morgan fingerprint density at radius 2 is 2.14 bits per heavy atom. The van der Waals surface area contributed by atoms with Crippen LogP contribution in [0.3, 0.4) is 0 Å². The molecule has 0 fully saturated rings. The van der Waals surface area contributed by atoms with E-state index in [1.807, 2.05) is 0 Å². The second kappa shape index (κ2) is 6.63. The van der Waals surface area contributed by atoms with Gasteiger partial charge in [0.1, 0.15) is 12.3 Å². The van der Waals surface area contributed by atoms with E-state index < -0.39 is 5.91 Å². The summed E-state index contributed by atoms with van der Waals surface area (Å²) in [7, 11) is 0. The Bertz CT molecular complexity index is 677. The number of rotatable bonds is 4. The zero-order chi connectivity index (χ0) is 15.4. The highest BCUT2D eigenvalue weighted by Crippen LogP contribution is 2.32. The number of hydrogen-bond donors (Lipinski definition) is 3. The summed E-state index contributed by atoms with van der Waals surface area (Å²) in [5.41, 5.74) is 8.26. The number of phenolic OH excluding ortho intramolecular Hbond substituents is 1. The molecule has 110 valence electrons. The first-order valence-corrected chi connectivity index (χ1v) is 7.07. The van der Waals surface area contributed by atoms with Gasteiger partial charge in [0.05, 0.1) is 15.2 Å². The number of nitrogens with two attached hydrogens (primary N) is 1. The molecule has 1 amide bonds. The van der Waals surface area contributed by atoms with Gasteiger partial charge in [0, 0.05) is 0 Å². The summed E-state index contributed by atoms with van der Waals surface area (Å²) < 4.78 is 1.01.